The number of hydrogen-bond acceptors (Lipinski definition) is 4. The van der Waals surface area contributed by atoms with Crippen LogP contribution in [0, 0.1) is 0 Å². The number of aromatic nitrogens is 1. The first kappa shape index (κ1) is 17.1. The highest BCUT2D eigenvalue weighted by atomic mass is 32.1. The quantitative estimate of drug-likeness (QED) is 0.774. The first-order valence-electron chi connectivity index (χ1n) is 7.99. The zero-order valence-corrected chi connectivity index (χ0v) is 15.4. The lowest BCUT2D eigenvalue weighted by molar-refractivity contribution is 0.00578. The number of benzene rings is 1. The van der Waals surface area contributed by atoms with E-state index in [1.54, 1.807) is 17.4 Å². The van der Waals surface area contributed by atoms with Gasteiger partial charge in [-0.2, -0.15) is 0 Å². The van der Waals surface area contributed by atoms with Crippen molar-refractivity contribution in [3.63, 3.8) is 0 Å². The Morgan fingerprint density at radius 3 is 2.04 bits per heavy atom. The molecule has 3 nitrogen and oxygen atoms in total. The van der Waals surface area contributed by atoms with Crippen LogP contribution in [0.2, 0.25) is 0 Å². The van der Waals surface area contributed by atoms with Gasteiger partial charge in [-0.15, -0.1) is 11.3 Å². The van der Waals surface area contributed by atoms with E-state index < -0.39 is 0 Å². The average molecular weight is 339 g/mol. The molecule has 0 aliphatic carbocycles. The summed E-state index contributed by atoms with van der Waals surface area (Å²) >= 11 is 1.61. The Morgan fingerprint density at radius 2 is 1.58 bits per heavy atom. The normalized spacial score (nSPS) is 18.6. The topological polar surface area (TPSA) is 31.4 Å². The van der Waals surface area contributed by atoms with E-state index in [9.17, 15) is 0 Å². The van der Waals surface area contributed by atoms with Crippen LogP contribution in [0.25, 0.3) is 22.7 Å². The van der Waals surface area contributed by atoms with Gasteiger partial charge >= 0.3 is 7.12 Å². The van der Waals surface area contributed by atoms with Gasteiger partial charge < -0.3 is 9.31 Å². The van der Waals surface area contributed by atoms with E-state index in [1.165, 1.54) is 0 Å². The largest absolute Gasteiger partial charge is 0.494 e. The standard InChI is InChI=1S/C19H22BNO2S/c1-7-15-16(8-2)24-17(21-15)13-9-11-14(12-10-13)20-22-18(3,4)19(5,6)23-20/h7-12H,1-2H2,3-6H3. The summed E-state index contributed by atoms with van der Waals surface area (Å²) in [4.78, 5) is 5.65. The minimum Gasteiger partial charge on any atom is -0.399 e. The lowest BCUT2D eigenvalue weighted by atomic mass is 9.79. The maximum absolute atomic E-state index is 6.09. The van der Waals surface area contributed by atoms with Crippen LogP contribution >= 0.6 is 11.3 Å². The van der Waals surface area contributed by atoms with Gasteiger partial charge in [-0.25, -0.2) is 4.98 Å². The summed E-state index contributed by atoms with van der Waals surface area (Å²) in [6.45, 7) is 15.9. The van der Waals surface area contributed by atoms with E-state index in [0.29, 0.717) is 0 Å². The van der Waals surface area contributed by atoms with Gasteiger partial charge in [0, 0.05) is 5.56 Å². The van der Waals surface area contributed by atoms with Crippen LogP contribution in [0.3, 0.4) is 0 Å². The molecule has 1 aromatic heterocycles. The molecule has 0 amide bonds. The highest BCUT2D eigenvalue weighted by Gasteiger charge is 2.51. The molecule has 24 heavy (non-hydrogen) atoms. The van der Waals surface area contributed by atoms with Gasteiger partial charge in [-0.1, -0.05) is 37.4 Å². The molecule has 0 atom stereocenters. The van der Waals surface area contributed by atoms with E-state index in [-0.39, 0.29) is 18.3 Å². The first-order valence-corrected chi connectivity index (χ1v) is 8.81. The summed E-state index contributed by atoms with van der Waals surface area (Å²) in [5, 5.41) is 0.959. The summed E-state index contributed by atoms with van der Waals surface area (Å²) in [7, 11) is -0.340. The molecule has 1 aliphatic rings. The Labute approximate surface area is 148 Å². The van der Waals surface area contributed by atoms with E-state index in [1.807, 2.05) is 18.2 Å². The predicted octanol–water partition coefficient (Wildman–Crippen LogP) is 4.40. The molecule has 0 N–H and O–H groups in total. The van der Waals surface area contributed by atoms with Crippen molar-refractivity contribution in [2.24, 2.45) is 0 Å². The van der Waals surface area contributed by atoms with Gasteiger partial charge in [-0.3, -0.25) is 0 Å². The molecule has 0 saturated carbocycles. The lowest BCUT2D eigenvalue weighted by Gasteiger charge is -2.32. The van der Waals surface area contributed by atoms with Crippen molar-refractivity contribution < 1.29 is 9.31 Å². The predicted molar refractivity (Wildman–Crippen MR) is 103 cm³/mol. The maximum atomic E-state index is 6.09. The van der Waals surface area contributed by atoms with E-state index in [4.69, 9.17) is 9.31 Å². The van der Waals surface area contributed by atoms with Crippen molar-refractivity contribution in [3.05, 3.63) is 48.0 Å². The van der Waals surface area contributed by atoms with Gasteiger partial charge in [-0.05, 0) is 45.3 Å². The average Bonchev–Trinajstić information content (AvgIpc) is 3.05. The number of rotatable bonds is 4. The van der Waals surface area contributed by atoms with Gasteiger partial charge in [0.1, 0.15) is 5.01 Å². The molecule has 0 bridgehead atoms. The van der Waals surface area contributed by atoms with E-state index in [2.05, 4.69) is 58.0 Å². The lowest BCUT2D eigenvalue weighted by Crippen LogP contribution is -2.41. The second-order valence-corrected chi connectivity index (χ2v) is 7.92. The van der Waals surface area contributed by atoms with Gasteiger partial charge in [0.2, 0.25) is 0 Å². The summed E-state index contributed by atoms with van der Waals surface area (Å²) in [6, 6.07) is 8.19. The molecular formula is C19H22BNO2S. The Morgan fingerprint density at radius 1 is 1.00 bits per heavy atom. The van der Waals surface area contributed by atoms with Gasteiger partial charge in [0.05, 0.1) is 21.8 Å². The highest BCUT2D eigenvalue weighted by molar-refractivity contribution is 7.16. The Balaban J connectivity index is 1.85. The first-order chi connectivity index (χ1) is 11.3. The molecule has 1 fully saturated rings. The van der Waals surface area contributed by atoms with Crippen molar-refractivity contribution in [3.8, 4) is 10.6 Å². The van der Waals surface area contributed by atoms with E-state index in [0.717, 1.165) is 26.6 Å². The van der Waals surface area contributed by atoms with Crippen LogP contribution in [-0.4, -0.2) is 23.3 Å². The molecule has 124 valence electrons. The summed E-state index contributed by atoms with van der Waals surface area (Å²) in [6.07, 6.45) is 3.58. The molecule has 0 spiro atoms. The smallest absolute Gasteiger partial charge is 0.399 e. The Kier molecular flexibility index (Phi) is 4.28. The fourth-order valence-electron chi connectivity index (χ4n) is 2.52. The van der Waals surface area contributed by atoms with Gasteiger partial charge in [0.15, 0.2) is 0 Å². The van der Waals surface area contributed by atoms with E-state index >= 15 is 0 Å². The molecule has 5 heteroatoms. The highest BCUT2D eigenvalue weighted by Crippen LogP contribution is 2.36. The summed E-state index contributed by atoms with van der Waals surface area (Å²) < 4.78 is 12.2. The molecule has 2 heterocycles. The van der Waals surface area contributed by atoms with Crippen LogP contribution in [0.1, 0.15) is 38.3 Å². The fraction of sp³-hybridized carbons (Fsp3) is 0.316. The summed E-state index contributed by atoms with van der Waals surface area (Å²) in [5.74, 6) is 0. The van der Waals surface area contributed by atoms with Crippen LogP contribution in [0.5, 0.6) is 0 Å². The second kappa shape index (κ2) is 5.99. The summed E-state index contributed by atoms with van der Waals surface area (Å²) in [5.41, 5.74) is 2.30. The minimum absolute atomic E-state index is 0.330. The molecule has 0 radical (unpaired) electrons. The molecule has 1 aliphatic heterocycles. The van der Waals surface area contributed by atoms with Crippen LogP contribution in [-0.2, 0) is 9.31 Å². The van der Waals surface area contributed by atoms with Crippen molar-refractivity contribution in [1.82, 2.24) is 4.98 Å². The molecule has 1 aromatic carbocycles. The number of hydrogen-bond donors (Lipinski definition) is 0. The molecular weight excluding hydrogens is 317 g/mol. The third-order valence-corrected chi connectivity index (χ3v) is 5.86. The maximum Gasteiger partial charge on any atom is 0.494 e. The van der Waals surface area contributed by atoms with Crippen molar-refractivity contribution >= 4 is 36.1 Å². The molecule has 0 unspecified atom stereocenters. The Hall–Kier alpha value is -1.69. The third kappa shape index (κ3) is 2.88. The second-order valence-electron chi connectivity index (χ2n) is 6.89. The van der Waals surface area contributed by atoms with Crippen LogP contribution in [0.4, 0.5) is 0 Å². The monoisotopic (exact) mass is 339 g/mol. The van der Waals surface area contributed by atoms with Crippen molar-refractivity contribution in [1.29, 1.82) is 0 Å². The van der Waals surface area contributed by atoms with Crippen molar-refractivity contribution in [2.45, 2.75) is 38.9 Å². The molecule has 2 aromatic rings. The number of thiazole rings is 1. The Bertz CT molecular complexity index is 736. The van der Waals surface area contributed by atoms with Crippen LogP contribution in [0.15, 0.2) is 37.4 Å². The molecule has 3 rings (SSSR count). The number of nitrogens with zero attached hydrogens (tertiary/aromatic N) is 1. The van der Waals surface area contributed by atoms with Crippen molar-refractivity contribution in [2.75, 3.05) is 0 Å². The minimum atomic E-state index is -0.340. The third-order valence-electron chi connectivity index (χ3n) is 4.74. The fourth-order valence-corrected chi connectivity index (χ4v) is 3.44. The van der Waals surface area contributed by atoms with Crippen LogP contribution < -0.4 is 5.46 Å². The zero-order valence-electron chi connectivity index (χ0n) is 14.6. The molecule has 1 saturated heterocycles. The SMILES string of the molecule is C=Cc1nc(-c2ccc(B3OC(C)(C)C(C)(C)O3)cc2)sc1C=C. The zero-order chi connectivity index (χ0) is 17.5. The van der Waals surface area contributed by atoms with Gasteiger partial charge in [0.25, 0.3) is 0 Å².